The van der Waals surface area contributed by atoms with Gasteiger partial charge >= 0.3 is 5.97 Å². The van der Waals surface area contributed by atoms with E-state index in [1.165, 1.54) is 18.4 Å². The van der Waals surface area contributed by atoms with Gasteiger partial charge in [-0.2, -0.15) is 0 Å². The number of nitrogens with one attached hydrogen (secondary N) is 1. The molecule has 0 spiro atoms. The minimum atomic E-state index is -0.475. The first-order chi connectivity index (χ1) is 10.7. The van der Waals surface area contributed by atoms with Crippen molar-refractivity contribution in [1.29, 1.82) is 0 Å². The fourth-order valence-electron chi connectivity index (χ4n) is 2.07. The Labute approximate surface area is 129 Å². The van der Waals surface area contributed by atoms with Crippen molar-refractivity contribution in [2.75, 3.05) is 12.4 Å². The molecular weight excluding hydrogens is 304 g/mol. The van der Waals surface area contributed by atoms with Gasteiger partial charge in [0.25, 0.3) is 0 Å². The standard InChI is InChI=1S/C15H12N2O4S/c1-20-15(19)14-10(6-7-22-14)16-13(18)8-11-9-4-2-3-5-12(9)21-17-11/h2-7H,8H2,1H3,(H,16,18). The van der Waals surface area contributed by atoms with E-state index in [-0.39, 0.29) is 12.3 Å². The monoisotopic (exact) mass is 316 g/mol. The van der Waals surface area contributed by atoms with Crippen LogP contribution < -0.4 is 5.32 Å². The molecule has 0 aliphatic heterocycles. The van der Waals surface area contributed by atoms with Gasteiger partial charge in [-0.15, -0.1) is 11.3 Å². The number of aromatic nitrogens is 1. The molecule has 2 aromatic heterocycles. The number of nitrogens with zero attached hydrogens (tertiary/aromatic N) is 1. The largest absolute Gasteiger partial charge is 0.465 e. The molecule has 0 aliphatic carbocycles. The third-order valence-electron chi connectivity index (χ3n) is 3.09. The van der Waals surface area contributed by atoms with Gasteiger partial charge in [0.1, 0.15) is 10.6 Å². The Morgan fingerprint density at radius 3 is 2.95 bits per heavy atom. The maximum absolute atomic E-state index is 12.1. The highest BCUT2D eigenvalue weighted by atomic mass is 32.1. The van der Waals surface area contributed by atoms with Gasteiger partial charge in [0.05, 0.1) is 19.2 Å². The number of ether oxygens (including phenoxy) is 1. The highest BCUT2D eigenvalue weighted by Gasteiger charge is 2.17. The van der Waals surface area contributed by atoms with Crippen molar-refractivity contribution >= 4 is 39.9 Å². The van der Waals surface area contributed by atoms with Crippen LogP contribution in [0.25, 0.3) is 11.0 Å². The molecule has 112 valence electrons. The van der Waals surface area contributed by atoms with Gasteiger partial charge in [0, 0.05) is 5.39 Å². The summed E-state index contributed by atoms with van der Waals surface area (Å²) < 4.78 is 9.84. The minimum absolute atomic E-state index is 0.0630. The molecule has 2 heterocycles. The topological polar surface area (TPSA) is 81.4 Å². The summed E-state index contributed by atoms with van der Waals surface area (Å²) in [4.78, 5) is 24.1. The Hall–Kier alpha value is -2.67. The lowest BCUT2D eigenvalue weighted by atomic mass is 10.1. The molecular formula is C15H12N2O4S. The van der Waals surface area contributed by atoms with Crippen LogP contribution in [0, 0.1) is 0 Å². The molecule has 0 bridgehead atoms. The number of amides is 1. The van der Waals surface area contributed by atoms with Gasteiger partial charge in [0.15, 0.2) is 5.58 Å². The number of esters is 1. The number of anilines is 1. The van der Waals surface area contributed by atoms with Crippen LogP contribution >= 0.6 is 11.3 Å². The first-order valence-electron chi connectivity index (χ1n) is 6.48. The maximum atomic E-state index is 12.1. The summed E-state index contributed by atoms with van der Waals surface area (Å²) in [5.41, 5.74) is 1.63. The lowest BCUT2D eigenvalue weighted by Crippen LogP contribution is -2.16. The Kier molecular flexibility index (Phi) is 3.88. The summed E-state index contributed by atoms with van der Waals surface area (Å²) in [7, 11) is 1.30. The van der Waals surface area contributed by atoms with Crippen molar-refractivity contribution in [3.8, 4) is 0 Å². The van der Waals surface area contributed by atoms with E-state index in [0.29, 0.717) is 21.8 Å². The molecule has 22 heavy (non-hydrogen) atoms. The van der Waals surface area contributed by atoms with E-state index in [9.17, 15) is 9.59 Å². The lowest BCUT2D eigenvalue weighted by Gasteiger charge is -2.04. The Morgan fingerprint density at radius 2 is 2.14 bits per heavy atom. The second-order valence-electron chi connectivity index (χ2n) is 4.51. The van der Waals surface area contributed by atoms with E-state index in [2.05, 4.69) is 15.2 Å². The zero-order valence-corrected chi connectivity index (χ0v) is 12.5. The van der Waals surface area contributed by atoms with E-state index in [1.807, 2.05) is 18.2 Å². The quantitative estimate of drug-likeness (QED) is 0.748. The Morgan fingerprint density at radius 1 is 1.32 bits per heavy atom. The van der Waals surface area contributed by atoms with Crippen molar-refractivity contribution in [2.45, 2.75) is 6.42 Å². The van der Waals surface area contributed by atoms with Gasteiger partial charge in [-0.1, -0.05) is 17.3 Å². The lowest BCUT2D eigenvalue weighted by molar-refractivity contribution is -0.115. The number of rotatable bonds is 4. The van der Waals surface area contributed by atoms with E-state index >= 15 is 0 Å². The molecule has 1 amide bonds. The van der Waals surface area contributed by atoms with Crippen LogP contribution in [0.4, 0.5) is 5.69 Å². The van der Waals surface area contributed by atoms with Crippen LogP contribution in [0.15, 0.2) is 40.2 Å². The highest BCUT2D eigenvalue weighted by Crippen LogP contribution is 2.24. The van der Waals surface area contributed by atoms with Gasteiger partial charge in [-0.05, 0) is 23.6 Å². The molecule has 0 aliphatic rings. The van der Waals surface area contributed by atoms with Gasteiger partial charge < -0.3 is 14.6 Å². The number of benzene rings is 1. The molecule has 7 heteroatoms. The summed E-state index contributed by atoms with van der Waals surface area (Å²) in [6, 6.07) is 8.99. The van der Waals surface area contributed by atoms with Crippen LogP contribution in [-0.4, -0.2) is 24.1 Å². The van der Waals surface area contributed by atoms with Crippen molar-refractivity contribution < 1.29 is 18.8 Å². The smallest absolute Gasteiger partial charge is 0.350 e. The molecule has 1 aromatic carbocycles. The first kappa shape index (κ1) is 14.3. The van der Waals surface area contributed by atoms with Crippen LogP contribution in [0.2, 0.25) is 0 Å². The molecule has 1 N–H and O–H groups in total. The third-order valence-corrected chi connectivity index (χ3v) is 3.98. The first-order valence-corrected chi connectivity index (χ1v) is 7.36. The average molecular weight is 316 g/mol. The molecule has 0 saturated carbocycles. The van der Waals surface area contributed by atoms with E-state index in [0.717, 1.165) is 5.39 Å². The number of hydrogen-bond donors (Lipinski definition) is 1. The fraction of sp³-hybridized carbons (Fsp3) is 0.133. The normalized spacial score (nSPS) is 10.6. The van der Waals surface area contributed by atoms with Crippen molar-refractivity contribution in [3.63, 3.8) is 0 Å². The molecule has 3 rings (SSSR count). The summed E-state index contributed by atoms with van der Waals surface area (Å²) in [5, 5.41) is 9.13. The van der Waals surface area contributed by atoms with Crippen LogP contribution in [0.5, 0.6) is 0 Å². The number of thiophene rings is 1. The van der Waals surface area contributed by atoms with E-state index in [1.54, 1.807) is 17.5 Å². The second kappa shape index (κ2) is 5.98. The van der Waals surface area contributed by atoms with Crippen LogP contribution in [0.3, 0.4) is 0 Å². The number of methoxy groups -OCH3 is 1. The molecule has 0 saturated heterocycles. The zero-order chi connectivity index (χ0) is 15.5. The maximum Gasteiger partial charge on any atom is 0.350 e. The third kappa shape index (κ3) is 2.71. The number of carbonyl (C=O) groups excluding carboxylic acids is 2. The van der Waals surface area contributed by atoms with Crippen molar-refractivity contribution in [1.82, 2.24) is 5.16 Å². The molecule has 0 fully saturated rings. The average Bonchev–Trinajstić information content (AvgIpc) is 3.14. The number of fused-ring (bicyclic) bond motifs is 1. The number of para-hydroxylation sites is 1. The van der Waals surface area contributed by atoms with Gasteiger partial charge in [-0.3, -0.25) is 4.79 Å². The van der Waals surface area contributed by atoms with E-state index in [4.69, 9.17) is 4.52 Å². The summed E-state index contributed by atoms with van der Waals surface area (Å²) in [6.07, 6.45) is 0.0630. The van der Waals surface area contributed by atoms with Crippen LogP contribution in [-0.2, 0) is 16.0 Å². The van der Waals surface area contributed by atoms with Gasteiger partial charge in [-0.25, -0.2) is 4.79 Å². The van der Waals surface area contributed by atoms with E-state index < -0.39 is 5.97 Å². The van der Waals surface area contributed by atoms with Crippen LogP contribution in [0.1, 0.15) is 15.4 Å². The highest BCUT2D eigenvalue weighted by molar-refractivity contribution is 7.12. The summed E-state index contributed by atoms with van der Waals surface area (Å²) in [5.74, 6) is -0.750. The van der Waals surface area contributed by atoms with Crippen molar-refractivity contribution in [2.24, 2.45) is 0 Å². The summed E-state index contributed by atoms with van der Waals surface area (Å²) in [6.45, 7) is 0. The fourth-order valence-corrected chi connectivity index (χ4v) is 2.84. The Balaban J connectivity index is 1.76. The molecule has 0 atom stereocenters. The Bertz CT molecular complexity index is 837. The minimum Gasteiger partial charge on any atom is -0.465 e. The predicted molar refractivity (Wildman–Crippen MR) is 82.0 cm³/mol. The molecule has 0 radical (unpaired) electrons. The summed E-state index contributed by atoms with van der Waals surface area (Å²) >= 11 is 1.21. The number of hydrogen-bond acceptors (Lipinski definition) is 6. The predicted octanol–water partition coefficient (Wildman–Crippen LogP) is 2.86. The van der Waals surface area contributed by atoms with Gasteiger partial charge in [0.2, 0.25) is 5.91 Å². The molecule has 6 nitrogen and oxygen atoms in total. The second-order valence-corrected chi connectivity index (χ2v) is 5.42. The number of carbonyl (C=O) groups is 2. The molecule has 3 aromatic rings. The molecule has 0 unspecified atom stereocenters. The SMILES string of the molecule is COC(=O)c1sccc1NC(=O)Cc1noc2ccccc12. The van der Waals surface area contributed by atoms with Crippen molar-refractivity contribution in [3.05, 3.63) is 46.3 Å². The zero-order valence-electron chi connectivity index (χ0n) is 11.7.